The fourth-order valence-corrected chi connectivity index (χ4v) is 3.78. The van der Waals surface area contributed by atoms with Crippen LogP contribution in [0.1, 0.15) is 45.1 Å². The van der Waals surface area contributed by atoms with Crippen LogP contribution in [-0.2, 0) is 10.2 Å². The summed E-state index contributed by atoms with van der Waals surface area (Å²) < 4.78 is 5.61. The number of nitrogens with one attached hydrogen (secondary N) is 1. The highest BCUT2D eigenvalue weighted by Gasteiger charge is 2.43. The lowest BCUT2D eigenvalue weighted by molar-refractivity contribution is 0.0241. The van der Waals surface area contributed by atoms with Crippen LogP contribution in [0, 0.1) is 5.92 Å². The number of nitrogens with two attached hydrogens (primary N) is 1. The van der Waals surface area contributed by atoms with Gasteiger partial charge in [-0.2, -0.15) is 0 Å². The van der Waals surface area contributed by atoms with Crippen molar-refractivity contribution in [2.24, 2.45) is 11.8 Å². The molecule has 0 radical (unpaired) electrons. The van der Waals surface area contributed by atoms with Crippen molar-refractivity contribution in [3.63, 3.8) is 0 Å². The first-order valence-corrected chi connectivity index (χ1v) is 7.84. The van der Waals surface area contributed by atoms with E-state index in [0.717, 1.165) is 26.1 Å². The fourth-order valence-electron chi connectivity index (χ4n) is 3.78. The Morgan fingerprint density at radius 1 is 1.25 bits per heavy atom. The molecule has 3 N–H and O–H groups in total. The zero-order chi connectivity index (χ0) is 14.4. The maximum absolute atomic E-state index is 5.97. The average Bonchev–Trinajstić information content (AvgIpc) is 2.50. The molecule has 2 unspecified atom stereocenters. The zero-order valence-electron chi connectivity index (χ0n) is 12.8. The smallest absolute Gasteiger partial charge is 0.0475 e. The molecule has 1 aliphatic rings. The van der Waals surface area contributed by atoms with Gasteiger partial charge in [0, 0.05) is 24.7 Å². The highest BCUT2D eigenvalue weighted by molar-refractivity contribution is 5.29. The van der Waals surface area contributed by atoms with E-state index in [0.29, 0.717) is 12.0 Å². The molecule has 0 aliphatic carbocycles. The quantitative estimate of drug-likeness (QED) is 0.620. The van der Waals surface area contributed by atoms with E-state index in [9.17, 15) is 0 Å². The van der Waals surface area contributed by atoms with Gasteiger partial charge in [-0.3, -0.25) is 11.3 Å². The minimum absolute atomic E-state index is 0.100. The third kappa shape index (κ3) is 3.05. The summed E-state index contributed by atoms with van der Waals surface area (Å²) in [7, 11) is 0. The lowest BCUT2D eigenvalue weighted by atomic mass is 9.65. The average molecular weight is 276 g/mol. The van der Waals surface area contributed by atoms with E-state index < -0.39 is 0 Å². The number of ether oxygens (including phenoxy) is 1. The molecule has 1 saturated heterocycles. The number of benzene rings is 1. The van der Waals surface area contributed by atoms with Crippen LogP contribution in [0.25, 0.3) is 0 Å². The molecule has 112 valence electrons. The van der Waals surface area contributed by atoms with Crippen LogP contribution in [0.4, 0.5) is 0 Å². The molecule has 2 atom stereocenters. The number of hydrogen-bond donors (Lipinski definition) is 2. The molecule has 2 rings (SSSR count). The highest BCUT2D eigenvalue weighted by atomic mass is 16.5. The van der Waals surface area contributed by atoms with E-state index in [1.807, 2.05) is 0 Å². The van der Waals surface area contributed by atoms with Gasteiger partial charge < -0.3 is 4.74 Å². The van der Waals surface area contributed by atoms with Gasteiger partial charge in [0.05, 0.1) is 0 Å². The monoisotopic (exact) mass is 276 g/mol. The van der Waals surface area contributed by atoms with Gasteiger partial charge in [-0.15, -0.1) is 0 Å². The topological polar surface area (TPSA) is 47.3 Å². The minimum atomic E-state index is 0.100. The summed E-state index contributed by atoms with van der Waals surface area (Å²) in [4.78, 5) is 0. The van der Waals surface area contributed by atoms with Crippen molar-refractivity contribution in [2.45, 2.75) is 51.0 Å². The van der Waals surface area contributed by atoms with E-state index in [1.165, 1.54) is 18.4 Å². The Hall–Kier alpha value is -0.900. The van der Waals surface area contributed by atoms with Crippen LogP contribution < -0.4 is 11.3 Å². The lowest BCUT2D eigenvalue weighted by Crippen LogP contribution is -2.56. The maximum atomic E-state index is 5.97. The summed E-state index contributed by atoms with van der Waals surface area (Å²) in [6.07, 6.45) is 4.48. The first-order valence-electron chi connectivity index (χ1n) is 7.84. The lowest BCUT2D eigenvalue weighted by Gasteiger charge is -2.46. The van der Waals surface area contributed by atoms with Gasteiger partial charge in [0.2, 0.25) is 0 Å². The molecule has 1 aliphatic heterocycles. The second-order valence-electron chi connectivity index (χ2n) is 6.04. The molecule has 1 fully saturated rings. The van der Waals surface area contributed by atoms with Gasteiger partial charge in [-0.25, -0.2) is 0 Å². The van der Waals surface area contributed by atoms with Gasteiger partial charge in [0.25, 0.3) is 0 Å². The Labute approximate surface area is 122 Å². The standard InChI is InChI=1S/C17H28N2O/c1-3-7-14(2)16(19-18)17(10-12-20-13-11-17)15-8-5-4-6-9-15/h4-6,8-9,14,16,19H,3,7,10-13,18H2,1-2H3. The Kier molecular flexibility index (Phi) is 5.58. The molecule has 0 amide bonds. The maximum Gasteiger partial charge on any atom is 0.0475 e. The van der Waals surface area contributed by atoms with Crippen molar-refractivity contribution in [3.05, 3.63) is 35.9 Å². The fraction of sp³-hybridized carbons (Fsp3) is 0.647. The van der Waals surface area contributed by atoms with Crippen molar-refractivity contribution in [1.29, 1.82) is 0 Å². The predicted octanol–water partition coefficient (Wildman–Crippen LogP) is 3.00. The molecule has 3 nitrogen and oxygen atoms in total. The number of rotatable bonds is 6. The first kappa shape index (κ1) is 15.5. The third-order valence-corrected chi connectivity index (χ3v) is 4.82. The largest absolute Gasteiger partial charge is 0.381 e. The zero-order valence-corrected chi connectivity index (χ0v) is 12.8. The van der Waals surface area contributed by atoms with Crippen molar-refractivity contribution < 1.29 is 4.74 Å². The van der Waals surface area contributed by atoms with Crippen molar-refractivity contribution in [3.8, 4) is 0 Å². The summed E-state index contributed by atoms with van der Waals surface area (Å²) in [5, 5.41) is 0. The molecule has 1 heterocycles. The molecule has 1 aromatic rings. The van der Waals surface area contributed by atoms with Gasteiger partial charge >= 0.3 is 0 Å². The van der Waals surface area contributed by atoms with Crippen LogP contribution in [0.3, 0.4) is 0 Å². The molecule has 0 bridgehead atoms. The second kappa shape index (κ2) is 7.21. The summed E-state index contributed by atoms with van der Waals surface area (Å²) in [5.74, 6) is 6.53. The van der Waals surface area contributed by atoms with E-state index in [4.69, 9.17) is 10.6 Å². The molecule has 0 saturated carbocycles. The summed E-state index contributed by atoms with van der Waals surface area (Å²) >= 11 is 0. The van der Waals surface area contributed by atoms with E-state index in [1.54, 1.807) is 0 Å². The van der Waals surface area contributed by atoms with Crippen molar-refractivity contribution in [1.82, 2.24) is 5.43 Å². The van der Waals surface area contributed by atoms with E-state index in [2.05, 4.69) is 49.6 Å². The van der Waals surface area contributed by atoms with Crippen LogP contribution in [0.5, 0.6) is 0 Å². The van der Waals surface area contributed by atoms with Gasteiger partial charge in [0.1, 0.15) is 0 Å². The Bertz CT molecular complexity index is 387. The van der Waals surface area contributed by atoms with Crippen LogP contribution in [0.2, 0.25) is 0 Å². The van der Waals surface area contributed by atoms with Gasteiger partial charge in [0.15, 0.2) is 0 Å². The summed E-state index contributed by atoms with van der Waals surface area (Å²) in [6.45, 7) is 6.20. The molecule has 0 aromatic heterocycles. The third-order valence-electron chi connectivity index (χ3n) is 4.82. The number of hydrazine groups is 1. The first-order chi connectivity index (χ1) is 9.74. The van der Waals surface area contributed by atoms with Crippen LogP contribution in [0.15, 0.2) is 30.3 Å². The molecular formula is C17H28N2O. The Morgan fingerprint density at radius 2 is 1.90 bits per heavy atom. The highest BCUT2D eigenvalue weighted by Crippen LogP contribution is 2.41. The molecule has 1 aromatic carbocycles. The van der Waals surface area contributed by atoms with Crippen LogP contribution >= 0.6 is 0 Å². The SMILES string of the molecule is CCCC(C)C(NN)C1(c2ccccc2)CCOCC1. The summed E-state index contributed by atoms with van der Waals surface area (Å²) in [6, 6.07) is 11.1. The molecule has 0 spiro atoms. The van der Waals surface area contributed by atoms with Crippen molar-refractivity contribution in [2.75, 3.05) is 13.2 Å². The molecular weight excluding hydrogens is 248 g/mol. The normalized spacial score (nSPS) is 21.4. The van der Waals surface area contributed by atoms with Gasteiger partial charge in [-0.05, 0) is 30.7 Å². The van der Waals surface area contributed by atoms with E-state index >= 15 is 0 Å². The van der Waals surface area contributed by atoms with Gasteiger partial charge in [-0.1, -0.05) is 50.6 Å². The predicted molar refractivity (Wildman–Crippen MR) is 83.4 cm³/mol. The Balaban J connectivity index is 2.35. The Morgan fingerprint density at radius 3 is 2.45 bits per heavy atom. The van der Waals surface area contributed by atoms with Crippen molar-refractivity contribution >= 4 is 0 Å². The second-order valence-corrected chi connectivity index (χ2v) is 6.04. The van der Waals surface area contributed by atoms with Crippen LogP contribution in [-0.4, -0.2) is 19.3 Å². The molecule has 20 heavy (non-hydrogen) atoms. The van der Waals surface area contributed by atoms with E-state index in [-0.39, 0.29) is 5.41 Å². The summed E-state index contributed by atoms with van der Waals surface area (Å²) in [5.41, 5.74) is 4.64. The minimum Gasteiger partial charge on any atom is -0.381 e. The number of hydrogen-bond acceptors (Lipinski definition) is 3. The molecule has 3 heteroatoms.